The van der Waals surface area contributed by atoms with E-state index in [-0.39, 0.29) is 35.1 Å². The molecule has 0 saturated carbocycles. The maximum Gasteiger partial charge on any atom is 0.326 e. The Morgan fingerprint density at radius 3 is 2.43 bits per heavy atom. The molecule has 3 rings (SSSR count). The van der Waals surface area contributed by atoms with E-state index in [0.717, 1.165) is 4.90 Å². The second-order valence-corrected chi connectivity index (χ2v) is 9.27. The molecule has 0 radical (unpaired) electrons. The molecule has 148 valence electrons. The van der Waals surface area contributed by atoms with Gasteiger partial charge >= 0.3 is 5.97 Å². The molecular weight excluding hydrogens is 429 g/mol. The van der Waals surface area contributed by atoms with E-state index in [1.165, 1.54) is 30.6 Å². The molecular formula is C17H15Cl2N3O5S. The fourth-order valence-corrected chi connectivity index (χ4v) is 5.37. The van der Waals surface area contributed by atoms with Crippen LogP contribution in [0.25, 0.3) is 0 Å². The largest absolute Gasteiger partial charge is 0.480 e. The molecule has 2 heterocycles. The lowest BCUT2D eigenvalue weighted by atomic mass is 10.2. The van der Waals surface area contributed by atoms with Crippen molar-refractivity contribution in [3.05, 3.63) is 52.5 Å². The van der Waals surface area contributed by atoms with Gasteiger partial charge in [0, 0.05) is 18.9 Å². The molecule has 8 nitrogen and oxygen atoms in total. The van der Waals surface area contributed by atoms with Crippen molar-refractivity contribution in [2.45, 2.75) is 29.0 Å². The summed E-state index contributed by atoms with van der Waals surface area (Å²) in [6.07, 6.45) is 2.15. The highest BCUT2D eigenvalue weighted by atomic mass is 35.5. The van der Waals surface area contributed by atoms with Crippen LogP contribution in [0.1, 0.15) is 12.2 Å². The topological polar surface area (TPSA) is 118 Å². The molecule has 28 heavy (non-hydrogen) atoms. The molecule has 0 unspecified atom stereocenters. The predicted molar refractivity (Wildman–Crippen MR) is 101 cm³/mol. The van der Waals surface area contributed by atoms with Crippen LogP contribution in [0.3, 0.4) is 0 Å². The molecule has 2 aromatic rings. The van der Waals surface area contributed by atoms with E-state index in [9.17, 15) is 23.1 Å². The number of hydrogen-bond donors (Lipinski definition) is 1. The summed E-state index contributed by atoms with van der Waals surface area (Å²) in [4.78, 5) is 33.0. The fraction of sp³-hybridized carbons (Fsp3) is 0.294. The van der Waals surface area contributed by atoms with Crippen LogP contribution < -0.4 is 0 Å². The average Bonchev–Trinajstić information content (AvgIpc) is 3.10. The van der Waals surface area contributed by atoms with Crippen LogP contribution in [0.5, 0.6) is 0 Å². The number of carboxylic acids is 1. The third-order valence-electron chi connectivity index (χ3n) is 4.43. The zero-order chi connectivity index (χ0) is 20.5. The Balaban J connectivity index is 1.84. The Bertz CT molecular complexity index is 1010. The molecule has 2 atom stereocenters. The summed E-state index contributed by atoms with van der Waals surface area (Å²) in [7, 11) is -3.92. The third-order valence-corrected chi connectivity index (χ3v) is 7.26. The third kappa shape index (κ3) is 4.11. The van der Waals surface area contributed by atoms with Crippen LogP contribution in [0.15, 0.2) is 41.6 Å². The summed E-state index contributed by atoms with van der Waals surface area (Å²) in [5.41, 5.74) is 0. The van der Waals surface area contributed by atoms with E-state index in [2.05, 4.69) is 9.97 Å². The molecule has 0 bridgehead atoms. The molecule has 1 fully saturated rings. The Kier molecular flexibility index (Phi) is 5.87. The van der Waals surface area contributed by atoms with Crippen LogP contribution in [0, 0.1) is 0 Å². The number of nitrogens with zero attached hydrogens (tertiary/aromatic N) is 3. The first-order valence-electron chi connectivity index (χ1n) is 8.17. The summed E-state index contributed by atoms with van der Waals surface area (Å²) in [5, 5.41) is 8.75. The normalized spacial score (nSPS) is 19.6. The molecule has 11 heteroatoms. The van der Waals surface area contributed by atoms with Crippen molar-refractivity contribution < 1.29 is 23.1 Å². The van der Waals surface area contributed by atoms with E-state index in [0.29, 0.717) is 5.02 Å². The Labute approximate surface area is 171 Å². The van der Waals surface area contributed by atoms with Gasteiger partial charge in [0.1, 0.15) is 11.9 Å². The molecule has 0 spiro atoms. The van der Waals surface area contributed by atoms with Gasteiger partial charge in [-0.25, -0.2) is 23.2 Å². The zero-order valence-electron chi connectivity index (χ0n) is 14.3. The fourth-order valence-electron chi connectivity index (χ4n) is 3.05. The van der Waals surface area contributed by atoms with Crippen molar-refractivity contribution in [1.29, 1.82) is 0 Å². The SMILES string of the molecule is O=C(O)[C@@H]1C[C@@H](S(=O)(=O)c2ccccc2Cl)CN1C(=O)Cc1ncc(Cl)cn1. The van der Waals surface area contributed by atoms with Gasteiger partial charge in [-0.15, -0.1) is 0 Å². The van der Waals surface area contributed by atoms with E-state index < -0.39 is 33.0 Å². The van der Waals surface area contributed by atoms with Gasteiger partial charge in [0.2, 0.25) is 5.91 Å². The second-order valence-electron chi connectivity index (χ2n) is 6.23. The van der Waals surface area contributed by atoms with Crippen LogP contribution in [0.2, 0.25) is 10.0 Å². The Hall–Kier alpha value is -2.23. The summed E-state index contributed by atoms with van der Waals surface area (Å²) >= 11 is 11.7. The van der Waals surface area contributed by atoms with Crippen LogP contribution in [0.4, 0.5) is 0 Å². The lowest BCUT2D eigenvalue weighted by Gasteiger charge is -2.21. The van der Waals surface area contributed by atoms with Gasteiger partial charge in [-0.05, 0) is 18.6 Å². The van der Waals surface area contributed by atoms with E-state index >= 15 is 0 Å². The minimum Gasteiger partial charge on any atom is -0.480 e. The highest BCUT2D eigenvalue weighted by Gasteiger charge is 2.45. The maximum atomic E-state index is 12.9. The molecule has 1 amide bonds. The first-order valence-corrected chi connectivity index (χ1v) is 10.5. The van der Waals surface area contributed by atoms with Crippen molar-refractivity contribution in [2.24, 2.45) is 0 Å². The first-order chi connectivity index (χ1) is 13.2. The van der Waals surface area contributed by atoms with Crippen LogP contribution in [-0.4, -0.2) is 58.1 Å². The predicted octanol–water partition coefficient (Wildman–Crippen LogP) is 1.85. The maximum absolute atomic E-state index is 12.9. The minimum atomic E-state index is -3.92. The lowest BCUT2D eigenvalue weighted by Crippen LogP contribution is -2.41. The van der Waals surface area contributed by atoms with Crippen LogP contribution >= 0.6 is 23.2 Å². The lowest BCUT2D eigenvalue weighted by molar-refractivity contribution is -0.148. The molecule has 1 aliphatic heterocycles. The van der Waals surface area contributed by atoms with Gasteiger partial charge in [-0.2, -0.15) is 0 Å². The quantitative estimate of drug-likeness (QED) is 0.748. The van der Waals surface area contributed by atoms with Crippen molar-refractivity contribution in [3.8, 4) is 0 Å². The number of carbonyl (C=O) groups excluding carboxylic acids is 1. The van der Waals surface area contributed by atoms with Crippen molar-refractivity contribution in [3.63, 3.8) is 0 Å². The van der Waals surface area contributed by atoms with E-state index in [1.54, 1.807) is 6.07 Å². The number of likely N-dealkylation sites (tertiary alicyclic amines) is 1. The standard InChI is InChI=1S/C17H15Cl2N3O5S/c18-10-7-20-15(21-8-10)6-16(23)22-9-11(5-13(22)17(24)25)28(26,27)14-4-2-1-3-12(14)19/h1-4,7-8,11,13H,5-6,9H2,(H,24,25)/t11-,13+/m1/s1. The van der Waals surface area contributed by atoms with Crippen molar-refractivity contribution in [1.82, 2.24) is 14.9 Å². The Morgan fingerprint density at radius 2 is 1.82 bits per heavy atom. The van der Waals surface area contributed by atoms with Crippen molar-refractivity contribution >= 4 is 44.9 Å². The smallest absolute Gasteiger partial charge is 0.326 e. The number of benzene rings is 1. The molecule has 1 aliphatic rings. The average molecular weight is 444 g/mol. The summed E-state index contributed by atoms with van der Waals surface area (Å²) in [6.45, 7) is -0.253. The van der Waals surface area contributed by atoms with Gasteiger partial charge in [-0.3, -0.25) is 4.79 Å². The number of hydrogen-bond acceptors (Lipinski definition) is 6. The van der Waals surface area contributed by atoms with E-state index in [1.807, 2.05) is 0 Å². The number of aliphatic carboxylic acids is 1. The number of rotatable bonds is 5. The zero-order valence-corrected chi connectivity index (χ0v) is 16.7. The molecule has 1 N–H and O–H groups in total. The minimum absolute atomic E-state index is 0.0497. The van der Waals surface area contributed by atoms with Gasteiger partial charge in [0.25, 0.3) is 0 Å². The van der Waals surface area contributed by atoms with E-state index in [4.69, 9.17) is 23.2 Å². The van der Waals surface area contributed by atoms with Gasteiger partial charge in [0.05, 0.1) is 26.6 Å². The molecule has 1 aromatic carbocycles. The summed E-state index contributed by atoms with van der Waals surface area (Å²) in [5.74, 6) is -1.69. The summed E-state index contributed by atoms with van der Waals surface area (Å²) in [6, 6.07) is 4.67. The molecule has 1 saturated heterocycles. The number of amides is 1. The number of carbonyl (C=O) groups is 2. The van der Waals surface area contributed by atoms with Crippen molar-refractivity contribution in [2.75, 3.05) is 6.54 Å². The van der Waals surface area contributed by atoms with Crippen LogP contribution in [-0.2, 0) is 25.8 Å². The molecule has 1 aromatic heterocycles. The van der Waals surface area contributed by atoms with Gasteiger partial charge < -0.3 is 10.0 Å². The van der Waals surface area contributed by atoms with Gasteiger partial charge in [0.15, 0.2) is 9.84 Å². The first kappa shape index (κ1) is 20.5. The monoisotopic (exact) mass is 443 g/mol. The highest BCUT2D eigenvalue weighted by molar-refractivity contribution is 7.92. The summed E-state index contributed by atoms with van der Waals surface area (Å²) < 4.78 is 25.9. The number of halogens is 2. The van der Waals surface area contributed by atoms with Gasteiger partial charge in [-0.1, -0.05) is 35.3 Å². The number of carboxylic acid groups (broad SMARTS) is 1. The second kappa shape index (κ2) is 8.02. The Morgan fingerprint density at radius 1 is 1.18 bits per heavy atom. The number of sulfone groups is 1. The highest BCUT2D eigenvalue weighted by Crippen LogP contribution is 2.32. The number of aromatic nitrogens is 2. The molecule has 0 aliphatic carbocycles.